The third-order valence-corrected chi connectivity index (χ3v) is 5.87. The first kappa shape index (κ1) is 17.8. The van der Waals surface area contributed by atoms with Crippen LogP contribution in [0.2, 0.25) is 0 Å². The summed E-state index contributed by atoms with van der Waals surface area (Å²) in [5, 5.41) is 0. The number of carbonyl (C=O) groups excluding carboxylic acids is 1. The van der Waals surface area contributed by atoms with Crippen LogP contribution in [0.15, 0.2) is 24.0 Å². The molecular weight excluding hydrogens is 360 g/mol. The fourth-order valence-electron chi connectivity index (χ4n) is 3.61. The van der Waals surface area contributed by atoms with E-state index in [2.05, 4.69) is 19.9 Å². The SMILES string of the molecule is Cc1nc(-c2nccn2C)cc(C2CCCCN2C(=O)c2scnc2C)n1. The van der Waals surface area contributed by atoms with Gasteiger partial charge in [0.2, 0.25) is 0 Å². The number of carbonyl (C=O) groups is 1. The minimum absolute atomic E-state index is 0.0477. The molecule has 0 spiro atoms. The summed E-state index contributed by atoms with van der Waals surface area (Å²) in [6.45, 7) is 4.51. The number of piperidine rings is 1. The summed E-state index contributed by atoms with van der Waals surface area (Å²) in [6.07, 6.45) is 6.65. The van der Waals surface area contributed by atoms with E-state index in [1.165, 1.54) is 11.3 Å². The zero-order chi connectivity index (χ0) is 19.0. The summed E-state index contributed by atoms with van der Waals surface area (Å²) >= 11 is 1.41. The van der Waals surface area contributed by atoms with E-state index in [0.29, 0.717) is 5.82 Å². The summed E-state index contributed by atoms with van der Waals surface area (Å²) in [6, 6.07) is 1.93. The van der Waals surface area contributed by atoms with Gasteiger partial charge in [0.15, 0.2) is 5.82 Å². The Balaban J connectivity index is 1.72. The van der Waals surface area contributed by atoms with Crippen LogP contribution < -0.4 is 0 Å². The van der Waals surface area contributed by atoms with Crippen molar-refractivity contribution in [3.63, 3.8) is 0 Å². The van der Waals surface area contributed by atoms with E-state index in [-0.39, 0.29) is 11.9 Å². The first-order chi connectivity index (χ1) is 13.0. The second kappa shape index (κ2) is 7.19. The third kappa shape index (κ3) is 3.37. The quantitative estimate of drug-likeness (QED) is 0.694. The highest BCUT2D eigenvalue weighted by atomic mass is 32.1. The highest BCUT2D eigenvalue weighted by molar-refractivity contribution is 7.11. The Kier molecular flexibility index (Phi) is 4.73. The highest BCUT2D eigenvalue weighted by Crippen LogP contribution is 2.33. The average molecular weight is 382 g/mol. The molecule has 0 aromatic carbocycles. The number of hydrogen-bond acceptors (Lipinski definition) is 6. The molecule has 1 fully saturated rings. The van der Waals surface area contributed by atoms with Gasteiger partial charge in [-0.15, -0.1) is 11.3 Å². The van der Waals surface area contributed by atoms with E-state index >= 15 is 0 Å². The molecule has 0 saturated carbocycles. The van der Waals surface area contributed by atoms with Gasteiger partial charge in [0.1, 0.15) is 16.4 Å². The minimum atomic E-state index is -0.0477. The molecule has 4 heterocycles. The lowest BCUT2D eigenvalue weighted by molar-refractivity contribution is 0.0609. The van der Waals surface area contributed by atoms with Crippen LogP contribution in [0.5, 0.6) is 0 Å². The minimum Gasteiger partial charge on any atom is -0.333 e. The maximum Gasteiger partial charge on any atom is 0.266 e. The van der Waals surface area contributed by atoms with Gasteiger partial charge in [-0.05, 0) is 39.2 Å². The first-order valence-electron chi connectivity index (χ1n) is 9.09. The van der Waals surface area contributed by atoms with Crippen molar-refractivity contribution in [1.29, 1.82) is 0 Å². The van der Waals surface area contributed by atoms with E-state index in [9.17, 15) is 4.79 Å². The predicted octanol–water partition coefficient (Wildman–Crippen LogP) is 3.32. The number of aryl methyl sites for hydroxylation is 3. The highest BCUT2D eigenvalue weighted by Gasteiger charge is 2.31. The Hall–Kier alpha value is -2.61. The van der Waals surface area contributed by atoms with Crippen LogP contribution in [0.1, 0.15) is 52.2 Å². The summed E-state index contributed by atoms with van der Waals surface area (Å²) in [7, 11) is 1.95. The molecule has 0 bridgehead atoms. The molecule has 3 aromatic rings. The molecule has 1 atom stereocenters. The van der Waals surface area contributed by atoms with Gasteiger partial charge in [-0.2, -0.15) is 0 Å². The van der Waals surface area contributed by atoms with Crippen molar-refractivity contribution >= 4 is 17.2 Å². The Morgan fingerprint density at radius 2 is 2.07 bits per heavy atom. The number of rotatable bonds is 3. The fraction of sp³-hybridized carbons (Fsp3) is 0.421. The van der Waals surface area contributed by atoms with Crippen LogP contribution in [-0.4, -0.2) is 41.9 Å². The lowest BCUT2D eigenvalue weighted by Gasteiger charge is -2.35. The van der Waals surface area contributed by atoms with Crippen molar-refractivity contribution in [3.8, 4) is 11.5 Å². The molecule has 27 heavy (non-hydrogen) atoms. The van der Waals surface area contributed by atoms with Gasteiger partial charge < -0.3 is 9.47 Å². The lowest BCUT2D eigenvalue weighted by Crippen LogP contribution is -2.39. The number of hydrogen-bond donors (Lipinski definition) is 0. The lowest BCUT2D eigenvalue weighted by atomic mass is 9.98. The normalized spacial score (nSPS) is 17.3. The molecule has 0 N–H and O–H groups in total. The van der Waals surface area contributed by atoms with E-state index in [1.54, 1.807) is 11.7 Å². The van der Waals surface area contributed by atoms with Crippen LogP contribution in [0, 0.1) is 13.8 Å². The van der Waals surface area contributed by atoms with E-state index in [4.69, 9.17) is 0 Å². The summed E-state index contributed by atoms with van der Waals surface area (Å²) < 4.78 is 1.94. The number of likely N-dealkylation sites (tertiary alicyclic amines) is 1. The molecule has 0 aliphatic carbocycles. The zero-order valence-corrected chi connectivity index (χ0v) is 16.5. The van der Waals surface area contributed by atoms with E-state index in [0.717, 1.165) is 53.6 Å². The zero-order valence-electron chi connectivity index (χ0n) is 15.7. The largest absolute Gasteiger partial charge is 0.333 e. The van der Waals surface area contributed by atoms with Crippen molar-refractivity contribution in [3.05, 3.63) is 46.1 Å². The second-order valence-electron chi connectivity index (χ2n) is 6.86. The Morgan fingerprint density at radius 1 is 1.22 bits per heavy atom. The van der Waals surface area contributed by atoms with Gasteiger partial charge >= 0.3 is 0 Å². The fourth-order valence-corrected chi connectivity index (χ4v) is 4.37. The summed E-state index contributed by atoms with van der Waals surface area (Å²) in [5.41, 5.74) is 4.20. The number of thiazole rings is 1. The topological polar surface area (TPSA) is 76.8 Å². The number of imidazole rings is 1. The maximum atomic E-state index is 13.2. The van der Waals surface area contributed by atoms with Crippen molar-refractivity contribution in [2.75, 3.05) is 6.54 Å². The number of aromatic nitrogens is 5. The van der Waals surface area contributed by atoms with Crippen molar-refractivity contribution in [1.82, 2.24) is 29.4 Å². The van der Waals surface area contributed by atoms with Crippen molar-refractivity contribution in [2.24, 2.45) is 7.05 Å². The number of amides is 1. The summed E-state index contributed by atoms with van der Waals surface area (Å²) in [5.74, 6) is 1.54. The molecule has 1 saturated heterocycles. The Labute approximate surface area is 162 Å². The van der Waals surface area contributed by atoms with Gasteiger partial charge in [0.05, 0.1) is 22.9 Å². The molecule has 3 aromatic heterocycles. The Morgan fingerprint density at radius 3 is 2.78 bits per heavy atom. The van der Waals surface area contributed by atoms with Gasteiger partial charge in [-0.25, -0.2) is 19.9 Å². The molecule has 1 unspecified atom stereocenters. The van der Waals surface area contributed by atoms with Gasteiger partial charge in [-0.1, -0.05) is 0 Å². The van der Waals surface area contributed by atoms with Crippen LogP contribution in [0.25, 0.3) is 11.5 Å². The van der Waals surface area contributed by atoms with Gasteiger partial charge in [0.25, 0.3) is 5.91 Å². The maximum absolute atomic E-state index is 13.2. The monoisotopic (exact) mass is 382 g/mol. The van der Waals surface area contributed by atoms with Gasteiger partial charge in [0, 0.05) is 26.0 Å². The van der Waals surface area contributed by atoms with Crippen LogP contribution in [-0.2, 0) is 7.05 Å². The van der Waals surface area contributed by atoms with Crippen LogP contribution in [0.4, 0.5) is 0 Å². The molecule has 4 rings (SSSR count). The molecule has 7 nitrogen and oxygen atoms in total. The van der Waals surface area contributed by atoms with Crippen molar-refractivity contribution < 1.29 is 4.79 Å². The molecule has 1 aliphatic rings. The second-order valence-corrected chi connectivity index (χ2v) is 7.72. The Bertz CT molecular complexity index is 978. The standard InChI is InChI=1S/C19H22N6OS/c1-12-17(27-11-21-12)19(26)25-8-5-4-6-16(25)14-10-15(23-13(2)22-14)18-20-7-9-24(18)3/h7,9-11,16H,4-6,8H2,1-3H3. The van der Waals surface area contributed by atoms with Crippen molar-refractivity contribution in [2.45, 2.75) is 39.2 Å². The molecule has 140 valence electrons. The van der Waals surface area contributed by atoms with E-state index in [1.807, 2.05) is 42.6 Å². The van der Waals surface area contributed by atoms with Crippen LogP contribution >= 0.6 is 11.3 Å². The van der Waals surface area contributed by atoms with Crippen LogP contribution in [0.3, 0.4) is 0 Å². The molecule has 8 heteroatoms. The molecule has 1 amide bonds. The predicted molar refractivity (Wildman–Crippen MR) is 103 cm³/mol. The summed E-state index contributed by atoms with van der Waals surface area (Å²) in [4.78, 5) is 33.7. The van der Waals surface area contributed by atoms with Gasteiger partial charge in [-0.3, -0.25) is 4.79 Å². The first-order valence-corrected chi connectivity index (χ1v) is 9.97. The molecule has 1 aliphatic heterocycles. The smallest absolute Gasteiger partial charge is 0.266 e. The average Bonchev–Trinajstić information content (AvgIpc) is 3.28. The molecule has 0 radical (unpaired) electrons. The molecular formula is C19H22N6OS. The van der Waals surface area contributed by atoms with E-state index < -0.39 is 0 Å². The third-order valence-electron chi connectivity index (χ3n) is 4.95. The number of nitrogens with zero attached hydrogens (tertiary/aromatic N) is 6.